The fraction of sp³-hybridized carbons (Fsp3) is 0.615. The molecule has 1 unspecified atom stereocenters. The number of hydrogen-bond donors (Lipinski definition) is 1. The van der Waals surface area contributed by atoms with Crippen molar-refractivity contribution in [1.82, 2.24) is 15.3 Å². The standard InChI is InChI=1S/C13H20N4OS/c1-9-7-12(16-13(14-9)19-3)17-6-4-5-11(8-17)15-10(2)18/h7,11H,4-6,8H2,1-3H3,(H,15,18). The maximum atomic E-state index is 11.2. The smallest absolute Gasteiger partial charge is 0.217 e. The van der Waals surface area contributed by atoms with Gasteiger partial charge in [-0.25, -0.2) is 9.97 Å². The van der Waals surface area contributed by atoms with Crippen LogP contribution in [0.25, 0.3) is 0 Å². The maximum absolute atomic E-state index is 11.2. The zero-order chi connectivity index (χ0) is 13.8. The highest BCUT2D eigenvalue weighted by molar-refractivity contribution is 7.98. The van der Waals surface area contributed by atoms with Crippen LogP contribution in [-0.2, 0) is 4.79 Å². The molecule has 1 aliphatic rings. The first kappa shape index (κ1) is 14.1. The van der Waals surface area contributed by atoms with Crippen molar-refractivity contribution in [3.05, 3.63) is 11.8 Å². The molecule has 0 aliphatic carbocycles. The second kappa shape index (κ2) is 6.23. The minimum atomic E-state index is 0.0375. The Bertz CT molecular complexity index is 466. The minimum absolute atomic E-state index is 0.0375. The summed E-state index contributed by atoms with van der Waals surface area (Å²) in [6.07, 6.45) is 4.09. The molecule has 1 saturated heterocycles. The molecule has 1 aromatic rings. The van der Waals surface area contributed by atoms with Crippen molar-refractivity contribution < 1.29 is 4.79 Å². The number of carbonyl (C=O) groups excluding carboxylic acids is 1. The van der Waals surface area contributed by atoms with E-state index in [1.165, 1.54) is 0 Å². The first-order chi connectivity index (χ1) is 9.08. The van der Waals surface area contributed by atoms with Gasteiger partial charge >= 0.3 is 0 Å². The van der Waals surface area contributed by atoms with Crippen LogP contribution in [0.2, 0.25) is 0 Å². The van der Waals surface area contributed by atoms with Crippen molar-refractivity contribution in [1.29, 1.82) is 0 Å². The van der Waals surface area contributed by atoms with E-state index in [1.54, 1.807) is 18.7 Å². The lowest BCUT2D eigenvalue weighted by Gasteiger charge is -2.34. The lowest BCUT2D eigenvalue weighted by molar-refractivity contribution is -0.119. The van der Waals surface area contributed by atoms with E-state index < -0.39 is 0 Å². The van der Waals surface area contributed by atoms with Crippen molar-refractivity contribution in [3.8, 4) is 0 Å². The number of aryl methyl sites for hydroxylation is 1. The zero-order valence-electron chi connectivity index (χ0n) is 11.6. The maximum Gasteiger partial charge on any atom is 0.217 e. The Labute approximate surface area is 118 Å². The highest BCUT2D eigenvalue weighted by Gasteiger charge is 2.22. The van der Waals surface area contributed by atoms with Crippen molar-refractivity contribution in [2.75, 3.05) is 24.2 Å². The van der Waals surface area contributed by atoms with Crippen LogP contribution in [-0.4, -0.2) is 41.3 Å². The second-order valence-electron chi connectivity index (χ2n) is 4.84. The van der Waals surface area contributed by atoms with Crippen LogP contribution in [0.3, 0.4) is 0 Å². The van der Waals surface area contributed by atoms with Crippen molar-refractivity contribution >= 4 is 23.5 Å². The van der Waals surface area contributed by atoms with E-state index in [0.29, 0.717) is 0 Å². The summed E-state index contributed by atoms with van der Waals surface area (Å²) in [6, 6.07) is 2.23. The minimum Gasteiger partial charge on any atom is -0.354 e. The predicted octanol–water partition coefficient (Wildman–Crippen LogP) is 1.61. The molecule has 1 aromatic heterocycles. The molecule has 0 spiro atoms. The number of piperidine rings is 1. The van der Waals surface area contributed by atoms with Gasteiger partial charge in [0.25, 0.3) is 0 Å². The van der Waals surface area contributed by atoms with Crippen LogP contribution in [0.1, 0.15) is 25.5 Å². The monoisotopic (exact) mass is 280 g/mol. The summed E-state index contributed by atoms with van der Waals surface area (Å²) >= 11 is 1.55. The average Bonchev–Trinajstić information content (AvgIpc) is 2.37. The van der Waals surface area contributed by atoms with Gasteiger partial charge in [-0.05, 0) is 26.0 Å². The number of thioether (sulfide) groups is 1. The number of anilines is 1. The van der Waals surface area contributed by atoms with Gasteiger partial charge in [0.05, 0.1) is 0 Å². The lowest BCUT2D eigenvalue weighted by atomic mass is 10.1. The summed E-state index contributed by atoms with van der Waals surface area (Å²) in [5, 5.41) is 3.80. The Morgan fingerprint density at radius 1 is 1.53 bits per heavy atom. The van der Waals surface area contributed by atoms with Gasteiger partial charge < -0.3 is 10.2 Å². The molecule has 1 N–H and O–H groups in total. The third kappa shape index (κ3) is 3.83. The summed E-state index contributed by atoms with van der Waals surface area (Å²) in [5.74, 6) is 1.00. The molecule has 0 saturated carbocycles. The molecule has 1 amide bonds. The number of nitrogens with one attached hydrogen (secondary N) is 1. The number of nitrogens with zero attached hydrogens (tertiary/aromatic N) is 3. The van der Waals surface area contributed by atoms with Gasteiger partial charge in [0.1, 0.15) is 5.82 Å². The van der Waals surface area contributed by atoms with E-state index in [4.69, 9.17) is 0 Å². The highest BCUT2D eigenvalue weighted by Crippen LogP contribution is 2.21. The molecule has 6 heteroatoms. The summed E-state index contributed by atoms with van der Waals surface area (Å²) in [5.41, 5.74) is 0.982. The van der Waals surface area contributed by atoms with Crippen LogP contribution in [0.4, 0.5) is 5.82 Å². The van der Waals surface area contributed by atoms with Crippen LogP contribution in [0, 0.1) is 6.92 Å². The average molecular weight is 280 g/mol. The lowest BCUT2D eigenvalue weighted by Crippen LogP contribution is -2.47. The Morgan fingerprint density at radius 2 is 2.32 bits per heavy atom. The molecule has 0 bridgehead atoms. The zero-order valence-corrected chi connectivity index (χ0v) is 12.5. The number of carbonyl (C=O) groups is 1. The Kier molecular flexibility index (Phi) is 4.63. The van der Waals surface area contributed by atoms with Gasteiger partial charge in [0, 0.05) is 37.8 Å². The topological polar surface area (TPSA) is 58.1 Å². The molecule has 2 rings (SSSR count). The van der Waals surface area contributed by atoms with Gasteiger partial charge in [0.2, 0.25) is 5.91 Å². The SMILES string of the molecule is CSc1nc(C)cc(N2CCCC(NC(C)=O)C2)n1. The summed E-state index contributed by atoms with van der Waals surface area (Å²) in [6.45, 7) is 5.37. The van der Waals surface area contributed by atoms with Gasteiger partial charge in [-0.15, -0.1) is 0 Å². The quantitative estimate of drug-likeness (QED) is 0.673. The fourth-order valence-corrected chi connectivity index (χ4v) is 2.79. The molecule has 1 aliphatic heterocycles. The normalized spacial score (nSPS) is 19.3. The van der Waals surface area contributed by atoms with Crippen LogP contribution >= 0.6 is 11.8 Å². The van der Waals surface area contributed by atoms with Crippen molar-refractivity contribution in [2.45, 2.75) is 37.9 Å². The first-order valence-corrected chi connectivity index (χ1v) is 7.72. The molecular formula is C13H20N4OS. The summed E-state index contributed by atoms with van der Waals surface area (Å²) in [7, 11) is 0. The molecule has 5 nitrogen and oxygen atoms in total. The van der Waals surface area contributed by atoms with E-state index in [1.807, 2.05) is 19.2 Å². The molecule has 0 radical (unpaired) electrons. The van der Waals surface area contributed by atoms with Crippen LogP contribution in [0.5, 0.6) is 0 Å². The van der Waals surface area contributed by atoms with Gasteiger partial charge in [-0.3, -0.25) is 4.79 Å². The third-order valence-corrected chi connectivity index (χ3v) is 3.70. The number of rotatable bonds is 3. The highest BCUT2D eigenvalue weighted by atomic mass is 32.2. The van der Waals surface area contributed by atoms with E-state index >= 15 is 0 Å². The fourth-order valence-electron chi connectivity index (χ4n) is 2.37. The van der Waals surface area contributed by atoms with Crippen molar-refractivity contribution in [2.24, 2.45) is 0 Å². The van der Waals surface area contributed by atoms with Gasteiger partial charge in [0.15, 0.2) is 5.16 Å². The second-order valence-corrected chi connectivity index (χ2v) is 5.61. The van der Waals surface area contributed by atoms with Gasteiger partial charge in [-0.2, -0.15) is 0 Å². The first-order valence-electron chi connectivity index (χ1n) is 6.50. The van der Waals surface area contributed by atoms with Crippen LogP contribution < -0.4 is 10.2 Å². The van der Waals surface area contributed by atoms with Gasteiger partial charge in [-0.1, -0.05) is 11.8 Å². The van der Waals surface area contributed by atoms with E-state index in [-0.39, 0.29) is 11.9 Å². The van der Waals surface area contributed by atoms with E-state index in [0.717, 1.165) is 42.6 Å². The Balaban J connectivity index is 2.12. The number of amides is 1. The Morgan fingerprint density at radius 3 is 3.00 bits per heavy atom. The molecular weight excluding hydrogens is 260 g/mol. The largest absolute Gasteiger partial charge is 0.354 e. The van der Waals surface area contributed by atoms with Crippen molar-refractivity contribution in [3.63, 3.8) is 0 Å². The Hall–Kier alpha value is -1.30. The number of hydrogen-bond acceptors (Lipinski definition) is 5. The third-order valence-electron chi connectivity index (χ3n) is 3.16. The van der Waals surface area contributed by atoms with Crippen LogP contribution in [0.15, 0.2) is 11.2 Å². The summed E-state index contributed by atoms with van der Waals surface area (Å²) in [4.78, 5) is 22.3. The summed E-state index contributed by atoms with van der Waals surface area (Å²) < 4.78 is 0. The van der Waals surface area contributed by atoms with E-state index in [9.17, 15) is 4.79 Å². The number of aromatic nitrogens is 2. The van der Waals surface area contributed by atoms with E-state index in [2.05, 4.69) is 20.2 Å². The molecule has 1 atom stereocenters. The molecule has 2 heterocycles. The predicted molar refractivity (Wildman–Crippen MR) is 77.6 cm³/mol. The molecule has 104 valence electrons. The molecule has 0 aromatic carbocycles. The molecule has 19 heavy (non-hydrogen) atoms. The molecule has 1 fully saturated rings.